The number of nitrogens with zero attached hydrogens (tertiary/aromatic N) is 2. The Morgan fingerprint density at radius 2 is 2.00 bits per heavy atom. The normalized spacial score (nSPS) is 10.6. The highest BCUT2D eigenvalue weighted by Crippen LogP contribution is 2.28. The molecule has 3 aromatic rings. The molecule has 1 N–H and O–H groups in total. The van der Waals surface area contributed by atoms with E-state index < -0.39 is 11.7 Å². The molecule has 0 unspecified atom stereocenters. The first kappa shape index (κ1) is 17.5. The van der Waals surface area contributed by atoms with Crippen molar-refractivity contribution in [2.45, 2.75) is 9.99 Å². The molecule has 0 bridgehead atoms. The molecule has 0 fully saturated rings. The van der Waals surface area contributed by atoms with Crippen molar-refractivity contribution >= 4 is 23.9 Å². The summed E-state index contributed by atoms with van der Waals surface area (Å²) in [6.07, 6.45) is 1.33. The Kier molecular flexibility index (Phi) is 5.46. The van der Waals surface area contributed by atoms with Gasteiger partial charge in [-0.05, 0) is 42.5 Å². The molecule has 0 aliphatic rings. The van der Waals surface area contributed by atoms with Gasteiger partial charge in [0.25, 0.3) is 5.91 Å². The minimum absolute atomic E-state index is 0.140. The van der Waals surface area contributed by atoms with E-state index in [4.69, 9.17) is 9.68 Å². The maximum absolute atomic E-state index is 13.8. The van der Waals surface area contributed by atoms with Gasteiger partial charge in [-0.2, -0.15) is 10.4 Å². The van der Waals surface area contributed by atoms with Crippen LogP contribution in [0.25, 0.3) is 0 Å². The standard InChI is InChI=1S/C19H12FN3O2S/c20-17-10-13(11-21)6-8-16(17)19(24)23-22-12-14-7-9-18(25-14)26-15-4-2-1-3-5-15/h1-10,12H,(H,23,24)/b22-12+. The lowest BCUT2D eigenvalue weighted by Gasteiger charge is -2.01. The number of benzene rings is 2. The van der Waals surface area contributed by atoms with E-state index >= 15 is 0 Å². The average molecular weight is 365 g/mol. The van der Waals surface area contributed by atoms with E-state index in [1.807, 2.05) is 30.3 Å². The smallest absolute Gasteiger partial charge is 0.274 e. The number of rotatable bonds is 5. The Morgan fingerprint density at radius 1 is 1.19 bits per heavy atom. The van der Waals surface area contributed by atoms with E-state index in [9.17, 15) is 9.18 Å². The van der Waals surface area contributed by atoms with E-state index in [2.05, 4.69) is 10.5 Å². The molecule has 0 spiro atoms. The molecule has 0 aliphatic heterocycles. The number of nitriles is 1. The first-order chi connectivity index (χ1) is 12.7. The summed E-state index contributed by atoms with van der Waals surface area (Å²) >= 11 is 1.46. The summed E-state index contributed by atoms with van der Waals surface area (Å²) in [6.45, 7) is 0. The van der Waals surface area contributed by atoms with Gasteiger partial charge in [0, 0.05) is 4.90 Å². The molecule has 1 heterocycles. The molecule has 7 heteroatoms. The highest BCUT2D eigenvalue weighted by atomic mass is 32.2. The van der Waals surface area contributed by atoms with Crippen LogP contribution in [0.4, 0.5) is 4.39 Å². The summed E-state index contributed by atoms with van der Waals surface area (Å²) in [6, 6.07) is 18.6. The van der Waals surface area contributed by atoms with Crippen LogP contribution in [0.1, 0.15) is 21.7 Å². The van der Waals surface area contributed by atoms with Crippen molar-refractivity contribution in [2.24, 2.45) is 5.10 Å². The van der Waals surface area contributed by atoms with Gasteiger partial charge >= 0.3 is 0 Å². The number of hydrazone groups is 1. The van der Waals surface area contributed by atoms with E-state index in [1.165, 1.54) is 30.1 Å². The van der Waals surface area contributed by atoms with Gasteiger partial charge in [-0.1, -0.05) is 30.0 Å². The maximum atomic E-state index is 13.8. The highest BCUT2D eigenvalue weighted by Gasteiger charge is 2.11. The predicted octanol–water partition coefficient (Wildman–Crippen LogP) is 4.21. The fraction of sp³-hybridized carbons (Fsp3) is 0. The molecule has 26 heavy (non-hydrogen) atoms. The van der Waals surface area contributed by atoms with E-state index in [-0.39, 0.29) is 11.1 Å². The summed E-state index contributed by atoms with van der Waals surface area (Å²) in [4.78, 5) is 13.0. The van der Waals surface area contributed by atoms with Crippen LogP contribution in [-0.4, -0.2) is 12.1 Å². The summed E-state index contributed by atoms with van der Waals surface area (Å²) in [5.41, 5.74) is 2.17. The van der Waals surface area contributed by atoms with Crippen molar-refractivity contribution in [3.05, 3.63) is 83.4 Å². The maximum Gasteiger partial charge on any atom is 0.274 e. The average Bonchev–Trinajstić information content (AvgIpc) is 3.09. The molecule has 1 aromatic heterocycles. The van der Waals surface area contributed by atoms with E-state index in [1.54, 1.807) is 18.2 Å². The summed E-state index contributed by atoms with van der Waals surface area (Å²) < 4.78 is 19.3. The van der Waals surface area contributed by atoms with Crippen molar-refractivity contribution in [1.29, 1.82) is 5.26 Å². The third-order valence-electron chi connectivity index (χ3n) is 3.26. The van der Waals surface area contributed by atoms with Crippen LogP contribution in [0.2, 0.25) is 0 Å². The number of carbonyl (C=O) groups excluding carboxylic acids is 1. The lowest BCUT2D eigenvalue weighted by molar-refractivity contribution is 0.0951. The van der Waals surface area contributed by atoms with Crippen molar-refractivity contribution in [3.63, 3.8) is 0 Å². The van der Waals surface area contributed by atoms with Crippen LogP contribution in [0.3, 0.4) is 0 Å². The molecule has 3 rings (SSSR count). The number of hydrogen-bond acceptors (Lipinski definition) is 5. The Bertz CT molecular complexity index is 994. The molecular weight excluding hydrogens is 353 g/mol. The van der Waals surface area contributed by atoms with Crippen molar-refractivity contribution in [3.8, 4) is 6.07 Å². The minimum atomic E-state index is -0.781. The predicted molar refractivity (Wildman–Crippen MR) is 95.4 cm³/mol. The number of halogens is 1. The van der Waals surface area contributed by atoms with Crippen LogP contribution >= 0.6 is 11.8 Å². The zero-order valence-corrected chi connectivity index (χ0v) is 14.2. The molecule has 128 valence electrons. The molecule has 0 aliphatic carbocycles. The summed E-state index contributed by atoms with van der Waals surface area (Å²) in [5, 5.41) is 13.1. The van der Waals surface area contributed by atoms with Gasteiger partial charge in [0.05, 0.1) is 23.4 Å². The Morgan fingerprint density at radius 3 is 2.73 bits per heavy atom. The molecule has 0 atom stereocenters. The number of hydrogen-bond donors (Lipinski definition) is 1. The number of furan rings is 1. The van der Waals surface area contributed by atoms with Crippen LogP contribution in [0, 0.1) is 17.1 Å². The second-order valence-corrected chi connectivity index (χ2v) is 6.16. The van der Waals surface area contributed by atoms with Gasteiger partial charge in [0.2, 0.25) is 0 Å². The van der Waals surface area contributed by atoms with E-state index in [0.717, 1.165) is 11.0 Å². The largest absolute Gasteiger partial charge is 0.448 e. The Hall–Kier alpha value is -3.37. The Labute approximate surface area is 153 Å². The van der Waals surface area contributed by atoms with Crippen LogP contribution in [0.5, 0.6) is 0 Å². The summed E-state index contributed by atoms with van der Waals surface area (Å²) in [7, 11) is 0. The first-order valence-electron chi connectivity index (χ1n) is 7.51. The van der Waals surface area contributed by atoms with Crippen LogP contribution < -0.4 is 5.43 Å². The third-order valence-corrected chi connectivity index (χ3v) is 4.19. The Balaban J connectivity index is 1.60. The van der Waals surface area contributed by atoms with Gasteiger partial charge in [-0.3, -0.25) is 4.79 Å². The lowest BCUT2D eigenvalue weighted by Crippen LogP contribution is -2.19. The lowest BCUT2D eigenvalue weighted by atomic mass is 10.1. The fourth-order valence-corrected chi connectivity index (χ4v) is 2.85. The second-order valence-electron chi connectivity index (χ2n) is 5.08. The van der Waals surface area contributed by atoms with Crippen LogP contribution in [-0.2, 0) is 0 Å². The van der Waals surface area contributed by atoms with Gasteiger partial charge in [0.1, 0.15) is 11.6 Å². The molecule has 2 aromatic carbocycles. The molecule has 0 radical (unpaired) electrons. The zero-order valence-electron chi connectivity index (χ0n) is 13.3. The van der Waals surface area contributed by atoms with Gasteiger partial charge in [-0.25, -0.2) is 9.82 Å². The topological polar surface area (TPSA) is 78.4 Å². The second kappa shape index (κ2) is 8.14. The van der Waals surface area contributed by atoms with Crippen molar-refractivity contribution in [1.82, 2.24) is 5.43 Å². The molecule has 1 amide bonds. The van der Waals surface area contributed by atoms with Gasteiger partial charge in [0.15, 0.2) is 5.09 Å². The summed E-state index contributed by atoms with van der Waals surface area (Å²) in [5.74, 6) is -1.05. The molecule has 0 saturated heterocycles. The van der Waals surface area contributed by atoms with Crippen LogP contribution in [0.15, 0.2) is 80.2 Å². The highest BCUT2D eigenvalue weighted by molar-refractivity contribution is 7.99. The van der Waals surface area contributed by atoms with E-state index in [0.29, 0.717) is 10.9 Å². The quantitative estimate of drug-likeness (QED) is 0.543. The van der Waals surface area contributed by atoms with Gasteiger partial charge < -0.3 is 4.42 Å². The third kappa shape index (κ3) is 4.37. The fourth-order valence-electron chi connectivity index (χ4n) is 2.05. The first-order valence-corrected chi connectivity index (χ1v) is 8.33. The molecular formula is C19H12FN3O2S. The number of amides is 1. The SMILES string of the molecule is N#Cc1ccc(C(=O)N/N=C/c2ccc(Sc3ccccc3)o2)c(F)c1. The van der Waals surface area contributed by atoms with Crippen molar-refractivity contribution in [2.75, 3.05) is 0 Å². The van der Waals surface area contributed by atoms with Crippen molar-refractivity contribution < 1.29 is 13.6 Å². The molecule has 5 nitrogen and oxygen atoms in total. The monoisotopic (exact) mass is 365 g/mol. The number of carbonyl (C=O) groups is 1. The zero-order chi connectivity index (χ0) is 18.4. The molecule has 0 saturated carbocycles. The number of nitrogens with one attached hydrogen (secondary N) is 1. The van der Waals surface area contributed by atoms with Gasteiger partial charge in [-0.15, -0.1) is 0 Å². The minimum Gasteiger partial charge on any atom is -0.448 e.